The summed E-state index contributed by atoms with van der Waals surface area (Å²) < 4.78 is 26.2. The fourth-order valence-electron chi connectivity index (χ4n) is 1.58. The number of benzene rings is 1. The normalized spacial score (nSPS) is 12.9. The standard InChI is InChI=1S/C12H15NO7S/c1-7-2-3-8(12(17)18)4-10(7)21(19,20)13-6-9(14)5-11(15)16/h2-4,9,13-14H,5-6H2,1H3,(H,15,16)(H,17,18)/t9-/m1/s1. The van der Waals surface area contributed by atoms with Crippen LogP contribution in [0, 0.1) is 6.92 Å². The van der Waals surface area contributed by atoms with Crippen molar-refractivity contribution >= 4 is 22.0 Å². The van der Waals surface area contributed by atoms with Gasteiger partial charge < -0.3 is 15.3 Å². The molecule has 4 N–H and O–H groups in total. The minimum atomic E-state index is -4.04. The van der Waals surface area contributed by atoms with Crippen LogP contribution >= 0.6 is 0 Å². The lowest BCUT2D eigenvalue weighted by molar-refractivity contribution is -0.139. The Morgan fingerprint density at radius 2 is 1.90 bits per heavy atom. The van der Waals surface area contributed by atoms with Crippen LogP contribution < -0.4 is 4.72 Å². The molecule has 1 aromatic carbocycles. The Morgan fingerprint density at radius 3 is 2.43 bits per heavy atom. The topological polar surface area (TPSA) is 141 Å². The van der Waals surface area contributed by atoms with Crippen molar-refractivity contribution in [2.24, 2.45) is 0 Å². The van der Waals surface area contributed by atoms with E-state index in [2.05, 4.69) is 4.72 Å². The molecule has 21 heavy (non-hydrogen) atoms. The van der Waals surface area contributed by atoms with Crippen LogP contribution in [0.5, 0.6) is 0 Å². The molecule has 0 unspecified atom stereocenters. The Labute approximate surface area is 121 Å². The van der Waals surface area contributed by atoms with Gasteiger partial charge in [-0.25, -0.2) is 17.9 Å². The van der Waals surface area contributed by atoms with Gasteiger partial charge in [0.25, 0.3) is 0 Å². The molecule has 0 saturated carbocycles. The zero-order valence-corrected chi connectivity index (χ0v) is 11.9. The van der Waals surface area contributed by atoms with E-state index in [0.717, 1.165) is 6.07 Å². The van der Waals surface area contributed by atoms with E-state index in [4.69, 9.17) is 10.2 Å². The average molecular weight is 317 g/mol. The molecule has 0 spiro atoms. The van der Waals surface area contributed by atoms with Crippen LogP contribution in [-0.2, 0) is 14.8 Å². The minimum Gasteiger partial charge on any atom is -0.481 e. The first-order valence-corrected chi connectivity index (χ1v) is 7.35. The second-order valence-electron chi connectivity index (χ2n) is 4.39. The fraction of sp³-hybridized carbons (Fsp3) is 0.333. The number of hydrogen-bond donors (Lipinski definition) is 4. The Hall–Kier alpha value is -1.97. The van der Waals surface area contributed by atoms with Crippen molar-refractivity contribution in [2.45, 2.75) is 24.3 Å². The van der Waals surface area contributed by atoms with E-state index in [1.165, 1.54) is 19.1 Å². The summed E-state index contributed by atoms with van der Waals surface area (Å²) in [4.78, 5) is 21.0. The summed E-state index contributed by atoms with van der Waals surface area (Å²) in [5.74, 6) is -2.52. The lowest BCUT2D eigenvalue weighted by atomic mass is 10.1. The van der Waals surface area contributed by atoms with E-state index in [1.807, 2.05) is 0 Å². The molecule has 0 aliphatic carbocycles. The van der Waals surface area contributed by atoms with Gasteiger partial charge in [0.1, 0.15) is 0 Å². The first kappa shape index (κ1) is 17.1. The molecular formula is C12H15NO7S. The monoisotopic (exact) mass is 317 g/mol. The summed E-state index contributed by atoms with van der Waals surface area (Å²) in [6.45, 7) is 1.01. The second kappa shape index (κ2) is 6.66. The maximum atomic E-state index is 12.1. The van der Waals surface area contributed by atoms with Gasteiger partial charge >= 0.3 is 11.9 Å². The SMILES string of the molecule is Cc1ccc(C(=O)O)cc1S(=O)(=O)NC[C@H](O)CC(=O)O. The summed E-state index contributed by atoms with van der Waals surface area (Å²) >= 11 is 0. The summed E-state index contributed by atoms with van der Waals surface area (Å²) in [7, 11) is -4.04. The molecule has 0 heterocycles. The number of carboxylic acids is 2. The number of hydrogen-bond acceptors (Lipinski definition) is 5. The molecule has 116 valence electrons. The van der Waals surface area contributed by atoms with E-state index < -0.39 is 41.0 Å². The average Bonchev–Trinajstić information content (AvgIpc) is 2.35. The zero-order chi connectivity index (χ0) is 16.2. The highest BCUT2D eigenvalue weighted by Crippen LogP contribution is 2.17. The van der Waals surface area contributed by atoms with Crippen molar-refractivity contribution in [3.8, 4) is 0 Å². The van der Waals surface area contributed by atoms with Crippen LogP contribution in [0.2, 0.25) is 0 Å². The number of sulfonamides is 1. The number of rotatable bonds is 7. The van der Waals surface area contributed by atoms with E-state index in [0.29, 0.717) is 5.56 Å². The van der Waals surface area contributed by atoms with Crippen molar-refractivity contribution < 1.29 is 33.3 Å². The molecule has 0 amide bonds. The quantitative estimate of drug-likeness (QED) is 0.546. The first-order chi connectivity index (χ1) is 9.63. The van der Waals surface area contributed by atoms with Crippen molar-refractivity contribution in [1.29, 1.82) is 0 Å². The van der Waals surface area contributed by atoms with Gasteiger partial charge in [-0.1, -0.05) is 6.07 Å². The third kappa shape index (κ3) is 4.81. The predicted octanol–water partition coefficient (Wildman–Crippen LogP) is -0.193. The number of nitrogens with one attached hydrogen (secondary N) is 1. The molecule has 0 saturated heterocycles. The summed E-state index contributed by atoms with van der Waals surface area (Å²) in [5.41, 5.74) is 0.146. The van der Waals surface area contributed by atoms with Gasteiger partial charge in [-0.15, -0.1) is 0 Å². The van der Waals surface area contributed by atoms with Crippen molar-refractivity contribution in [3.05, 3.63) is 29.3 Å². The van der Waals surface area contributed by atoms with Crippen molar-refractivity contribution in [3.63, 3.8) is 0 Å². The number of aryl methyl sites for hydroxylation is 1. The molecule has 8 nitrogen and oxygen atoms in total. The molecule has 0 aliphatic rings. The van der Waals surface area contributed by atoms with Gasteiger partial charge in [0.05, 0.1) is 23.0 Å². The van der Waals surface area contributed by atoms with Crippen LogP contribution in [0.1, 0.15) is 22.3 Å². The highest BCUT2D eigenvalue weighted by Gasteiger charge is 2.20. The zero-order valence-electron chi connectivity index (χ0n) is 11.1. The van der Waals surface area contributed by atoms with E-state index in [-0.39, 0.29) is 10.5 Å². The number of aliphatic carboxylic acids is 1. The lowest BCUT2D eigenvalue weighted by Crippen LogP contribution is -2.33. The molecule has 1 atom stereocenters. The molecule has 9 heteroatoms. The summed E-state index contributed by atoms with van der Waals surface area (Å²) in [6.07, 6.45) is -1.98. The third-order valence-electron chi connectivity index (χ3n) is 2.64. The van der Waals surface area contributed by atoms with Gasteiger partial charge in [0.2, 0.25) is 10.0 Å². The van der Waals surface area contributed by atoms with E-state index >= 15 is 0 Å². The Kier molecular flexibility index (Phi) is 5.41. The minimum absolute atomic E-state index is 0.188. The number of carboxylic acid groups (broad SMARTS) is 2. The summed E-state index contributed by atoms with van der Waals surface area (Å²) in [6, 6.07) is 3.63. The second-order valence-corrected chi connectivity index (χ2v) is 6.12. The number of carbonyl (C=O) groups is 2. The van der Waals surface area contributed by atoms with Crippen LogP contribution in [-0.4, -0.2) is 48.3 Å². The molecule has 1 aromatic rings. The highest BCUT2D eigenvalue weighted by molar-refractivity contribution is 7.89. The maximum absolute atomic E-state index is 12.1. The largest absolute Gasteiger partial charge is 0.481 e. The number of aliphatic hydroxyl groups is 1. The number of aromatic carboxylic acids is 1. The Morgan fingerprint density at radius 1 is 1.29 bits per heavy atom. The predicted molar refractivity (Wildman–Crippen MR) is 71.6 cm³/mol. The highest BCUT2D eigenvalue weighted by atomic mass is 32.2. The number of aliphatic hydroxyl groups excluding tert-OH is 1. The van der Waals surface area contributed by atoms with Crippen LogP contribution in [0.15, 0.2) is 23.1 Å². The van der Waals surface area contributed by atoms with Gasteiger partial charge in [-0.3, -0.25) is 4.79 Å². The van der Waals surface area contributed by atoms with E-state index in [1.54, 1.807) is 0 Å². The molecule has 0 aromatic heterocycles. The molecule has 0 radical (unpaired) electrons. The Balaban J connectivity index is 2.95. The summed E-state index contributed by atoms with van der Waals surface area (Å²) in [5, 5.41) is 26.7. The van der Waals surface area contributed by atoms with Crippen LogP contribution in [0.25, 0.3) is 0 Å². The lowest BCUT2D eigenvalue weighted by Gasteiger charge is -2.12. The van der Waals surface area contributed by atoms with Crippen LogP contribution in [0.3, 0.4) is 0 Å². The molecule has 1 rings (SSSR count). The van der Waals surface area contributed by atoms with Gasteiger partial charge in [-0.2, -0.15) is 0 Å². The van der Waals surface area contributed by atoms with E-state index in [9.17, 15) is 23.1 Å². The maximum Gasteiger partial charge on any atom is 0.335 e. The molecular weight excluding hydrogens is 302 g/mol. The molecule has 0 fully saturated rings. The van der Waals surface area contributed by atoms with Gasteiger partial charge in [0, 0.05) is 6.54 Å². The molecule has 0 bridgehead atoms. The fourth-order valence-corrected chi connectivity index (χ4v) is 2.92. The first-order valence-electron chi connectivity index (χ1n) is 5.87. The smallest absolute Gasteiger partial charge is 0.335 e. The van der Waals surface area contributed by atoms with Gasteiger partial charge in [0.15, 0.2) is 0 Å². The van der Waals surface area contributed by atoms with Crippen molar-refractivity contribution in [1.82, 2.24) is 4.72 Å². The third-order valence-corrected chi connectivity index (χ3v) is 4.21. The van der Waals surface area contributed by atoms with Crippen molar-refractivity contribution in [2.75, 3.05) is 6.54 Å². The van der Waals surface area contributed by atoms with Crippen LogP contribution in [0.4, 0.5) is 0 Å². The Bertz CT molecular complexity index is 654. The molecule has 0 aliphatic heterocycles. The van der Waals surface area contributed by atoms with Gasteiger partial charge in [-0.05, 0) is 24.6 Å².